The number of hydrogen-bond acceptors (Lipinski definition) is 2. The molecule has 0 aromatic heterocycles. The molecule has 0 aromatic carbocycles. The van der Waals surface area contributed by atoms with E-state index in [0.29, 0.717) is 6.61 Å². The number of rotatable bonds is 1. The molecule has 1 aliphatic rings. The Hall–Kier alpha value is -0.530. The smallest absolute Gasteiger partial charge is 0.312 e. The van der Waals surface area contributed by atoms with Crippen LogP contribution in [0.3, 0.4) is 0 Å². The molecule has 0 radical (unpaired) electrons. The second-order valence-electron chi connectivity index (χ2n) is 4.12. The summed E-state index contributed by atoms with van der Waals surface area (Å²) in [7, 11) is 0. The van der Waals surface area contributed by atoms with E-state index in [1.807, 2.05) is 13.8 Å². The highest BCUT2D eigenvalue weighted by molar-refractivity contribution is 5.79. The Morgan fingerprint density at radius 3 is 2.18 bits per heavy atom. The van der Waals surface area contributed by atoms with Crippen molar-refractivity contribution in [2.45, 2.75) is 34.1 Å². The van der Waals surface area contributed by atoms with Gasteiger partial charge in [-0.1, -0.05) is 13.8 Å². The third-order valence-corrected chi connectivity index (χ3v) is 3.32. The summed E-state index contributed by atoms with van der Waals surface area (Å²) in [6.07, 6.45) is 0.992. The molecule has 1 aliphatic heterocycles. The van der Waals surface area contributed by atoms with Crippen LogP contribution in [0.25, 0.3) is 0 Å². The number of ether oxygens (including phenoxy) is 1. The van der Waals surface area contributed by atoms with Crippen molar-refractivity contribution in [1.29, 1.82) is 0 Å². The zero-order valence-corrected chi connectivity index (χ0v) is 7.73. The number of carbonyl (C=O) groups is 1. The summed E-state index contributed by atoms with van der Waals surface area (Å²) < 4.78 is 5.04. The van der Waals surface area contributed by atoms with Gasteiger partial charge in [0.15, 0.2) is 0 Å². The Morgan fingerprint density at radius 1 is 1.45 bits per heavy atom. The maximum Gasteiger partial charge on any atom is 0.312 e. The van der Waals surface area contributed by atoms with E-state index in [0.717, 1.165) is 6.42 Å². The predicted octanol–water partition coefficient (Wildman–Crippen LogP) is 1.99. The molecule has 0 aromatic rings. The monoisotopic (exact) mass is 156 g/mol. The summed E-state index contributed by atoms with van der Waals surface area (Å²) in [6.45, 7) is 8.72. The van der Waals surface area contributed by atoms with E-state index in [-0.39, 0.29) is 16.8 Å². The summed E-state index contributed by atoms with van der Waals surface area (Å²) in [5, 5.41) is 0. The Bertz CT molecular complexity index is 184. The van der Waals surface area contributed by atoms with E-state index in [4.69, 9.17) is 4.74 Å². The average molecular weight is 156 g/mol. The van der Waals surface area contributed by atoms with Gasteiger partial charge in [0.25, 0.3) is 0 Å². The van der Waals surface area contributed by atoms with Crippen molar-refractivity contribution in [1.82, 2.24) is 0 Å². The molecule has 1 rings (SSSR count). The molecule has 0 spiro atoms. The zero-order valence-electron chi connectivity index (χ0n) is 7.73. The fourth-order valence-corrected chi connectivity index (χ4v) is 1.38. The topological polar surface area (TPSA) is 26.3 Å². The first-order valence-electron chi connectivity index (χ1n) is 4.11. The first kappa shape index (κ1) is 8.57. The van der Waals surface area contributed by atoms with Gasteiger partial charge >= 0.3 is 5.97 Å². The van der Waals surface area contributed by atoms with Gasteiger partial charge in [-0.3, -0.25) is 4.79 Å². The second-order valence-corrected chi connectivity index (χ2v) is 4.12. The predicted molar refractivity (Wildman–Crippen MR) is 43.1 cm³/mol. The Balaban J connectivity index is 2.95. The van der Waals surface area contributed by atoms with Gasteiger partial charge in [-0.05, 0) is 20.3 Å². The largest absolute Gasteiger partial charge is 0.465 e. The molecule has 0 saturated carbocycles. The van der Waals surface area contributed by atoms with E-state index in [1.54, 1.807) is 0 Å². The van der Waals surface area contributed by atoms with Crippen LogP contribution < -0.4 is 0 Å². The highest BCUT2D eigenvalue weighted by Crippen LogP contribution is 2.47. The van der Waals surface area contributed by atoms with Gasteiger partial charge in [0.2, 0.25) is 0 Å². The molecule has 0 bridgehead atoms. The van der Waals surface area contributed by atoms with Crippen LogP contribution >= 0.6 is 0 Å². The minimum absolute atomic E-state index is 0.0318. The maximum atomic E-state index is 11.2. The summed E-state index contributed by atoms with van der Waals surface area (Å²) in [4.78, 5) is 11.2. The van der Waals surface area contributed by atoms with Gasteiger partial charge in [-0.15, -0.1) is 0 Å². The fraction of sp³-hybridized carbons (Fsp3) is 0.889. The van der Waals surface area contributed by atoms with E-state index in [2.05, 4.69) is 13.8 Å². The number of esters is 1. The van der Waals surface area contributed by atoms with Crippen molar-refractivity contribution in [2.75, 3.05) is 6.61 Å². The SMILES string of the molecule is CCC1(C)COC(=O)C1(C)C. The van der Waals surface area contributed by atoms with E-state index in [9.17, 15) is 4.79 Å². The minimum Gasteiger partial charge on any atom is -0.465 e. The lowest BCUT2D eigenvalue weighted by molar-refractivity contribution is -0.145. The molecule has 1 unspecified atom stereocenters. The number of hydrogen-bond donors (Lipinski definition) is 0. The number of carbonyl (C=O) groups excluding carboxylic acids is 1. The highest BCUT2D eigenvalue weighted by atomic mass is 16.5. The van der Waals surface area contributed by atoms with Crippen molar-refractivity contribution in [3.05, 3.63) is 0 Å². The van der Waals surface area contributed by atoms with Crippen molar-refractivity contribution in [3.63, 3.8) is 0 Å². The minimum atomic E-state index is -0.304. The Kier molecular flexibility index (Phi) is 1.73. The zero-order chi connectivity index (χ0) is 8.70. The van der Waals surface area contributed by atoms with Crippen molar-refractivity contribution < 1.29 is 9.53 Å². The Labute approximate surface area is 67.9 Å². The van der Waals surface area contributed by atoms with Crippen LogP contribution in [-0.2, 0) is 9.53 Å². The molecule has 0 N–H and O–H groups in total. The third-order valence-electron chi connectivity index (χ3n) is 3.32. The van der Waals surface area contributed by atoms with Crippen LogP contribution in [0.4, 0.5) is 0 Å². The number of cyclic esters (lactones) is 1. The molecule has 2 heteroatoms. The molecule has 1 atom stereocenters. The molecule has 64 valence electrons. The van der Waals surface area contributed by atoms with E-state index < -0.39 is 0 Å². The van der Waals surface area contributed by atoms with Crippen molar-refractivity contribution in [3.8, 4) is 0 Å². The van der Waals surface area contributed by atoms with Gasteiger partial charge in [0.1, 0.15) is 0 Å². The summed E-state index contributed by atoms with van der Waals surface area (Å²) in [5.41, 5.74) is -0.272. The molecule has 0 aliphatic carbocycles. The van der Waals surface area contributed by atoms with Crippen LogP contribution in [0.5, 0.6) is 0 Å². The van der Waals surface area contributed by atoms with Gasteiger partial charge < -0.3 is 4.74 Å². The fourth-order valence-electron chi connectivity index (χ4n) is 1.38. The molecule has 2 nitrogen and oxygen atoms in total. The summed E-state index contributed by atoms with van der Waals surface area (Å²) in [6, 6.07) is 0. The molecule has 11 heavy (non-hydrogen) atoms. The summed E-state index contributed by atoms with van der Waals surface area (Å²) in [5.74, 6) is -0.0538. The molecular weight excluding hydrogens is 140 g/mol. The normalized spacial score (nSPS) is 35.5. The van der Waals surface area contributed by atoms with Crippen LogP contribution in [0.1, 0.15) is 34.1 Å². The first-order valence-corrected chi connectivity index (χ1v) is 4.11. The van der Waals surface area contributed by atoms with Gasteiger partial charge in [-0.2, -0.15) is 0 Å². The van der Waals surface area contributed by atoms with Crippen molar-refractivity contribution >= 4 is 5.97 Å². The molecule has 1 saturated heterocycles. The van der Waals surface area contributed by atoms with E-state index >= 15 is 0 Å². The molecular formula is C9H16O2. The molecule has 1 heterocycles. The summed E-state index contributed by atoms with van der Waals surface area (Å²) >= 11 is 0. The average Bonchev–Trinajstić information content (AvgIpc) is 2.15. The highest BCUT2D eigenvalue weighted by Gasteiger charge is 2.52. The van der Waals surface area contributed by atoms with Gasteiger partial charge in [-0.25, -0.2) is 0 Å². The lowest BCUT2D eigenvalue weighted by atomic mass is 9.67. The van der Waals surface area contributed by atoms with E-state index in [1.165, 1.54) is 0 Å². The Morgan fingerprint density at radius 2 is 2.00 bits per heavy atom. The van der Waals surface area contributed by atoms with Gasteiger partial charge in [0.05, 0.1) is 12.0 Å². The lowest BCUT2D eigenvalue weighted by Crippen LogP contribution is -2.35. The first-order chi connectivity index (χ1) is 4.94. The second kappa shape index (κ2) is 2.23. The van der Waals surface area contributed by atoms with Crippen LogP contribution in [0.15, 0.2) is 0 Å². The maximum absolute atomic E-state index is 11.2. The van der Waals surface area contributed by atoms with Crippen LogP contribution in [0.2, 0.25) is 0 Å². The molecule has 0 amide bonds. The van der Waals surface area contributed by atoms with Gasteiger partial charge in [0, 0.05) is 5.41 Å². The van der Waals surface area contributed by atoms with Crippen LogP contribution in [-0.4, -0.2) is 12.6 Å². The quantitative estimate of drug-likeness (QED) is 0.543. The molecule has 1 fully saturated rings. The van der Waals surface area contributed by atoms with Crippen LogP contribution in [0, 0.1) is 10.8 Å². The lowest BCUT2D eigenvalue weighted by Gasteiger charge is -2.31. The third kappa shape index (κ3) is 0.959. The van der Waals surface area contributed by atoms with Crippen molar-refractivity contribution in [2.24, 2.45) is 10.8 Å². The standard InChI is InChI=1S/C9H16O2/c1-5-9(4)6-11-7(10)8(9,2)3/h5-6H2,1-4H3.